The average Bonchev–Trinajstić information content (AvgIpc) is 0.733. The molecule has 6 bridgehead atoms. The smallest absolute Gasteiger partial charge is 0.461 e. The first-order valence-corrected chi connectivity index (χ1v) is 39.0. The number of carbonyl (C=O) groups excluding carboxylic acids is 6. The zero-order valence-electron chi connectivity index (χ0n) is 60.5. The molecule has 5 aromatic rings. The number of ether oxygens (including phenoxy) is 4. The SMILES string of the molecule is C1CSCCO1.CC(C)(C)c1ccc([I+]c2ccc(C(C)(C)C)cc2)cc1.CC(C)(C)c1ccc([S+]2CCOCC2)cc1.CC(F)(F)C(=O)OCC12CC3CC(CC(O)(C3)C1)C2.CC1(COC(=O)C(C)(F)F)CC2CCCC(O)(C2)C1.O=C=O.O=C=O.[Cu+2].[c-]1ccccc1.[c-]1ccccc1. The number of benzene rings is 5. The van der Waals surface area contributed by atoms with E-state index in [1.54, 1.807) is 0 Å². The molecule has 555 valence electrons. The fourth-order valence-corrected chi connectivity index (χ4v) is 18.6. The molecule has 0 amide bonds. The molecule has 2 heterocycles. The molecule has 2 aliphatic heterocycles. The minimum Gasteiger partial charge on any atom is -0.461 e. The van der Waals surface area contributed by atoms with Gasteiger partial charge >= 0.3 is 74.4 Å². The van der Waals surface area contributed by atoms with Crippen molar-refractivity contribution in [2.24, 2.45) is 28.6 Å². The van der Waals surface area contributed by atoms with Crippen LogP contribution in [0.2, 0.25) is 0 Å². The Balaban J connectivity index is 0.000000311. The van der Waals surface area contributed by atoms with Gasteiger partial charge in [0.1, 0.15) is 11.5 Å². The standard InChI is InChI=1S/C20H26I.C14H20F2O3.C14H22F2O3.C14H21OS.2C6H5.C4H8OS.2CO2.Cu/c1-19(2,3)15-7-11-17(12-8-15)21-18-13-9-16(10-14-18)20(4,5)6;1-12(15,16)11(17)19-8-13-3-9-2-10(4-13)6-14(18,5-9)7-13;1-12(9-19-11(17)13(2,15)16)6-10-4-3-5-14(18,7-10)8-12;1-14(2,3)12-4-6-13(7-5-12)16-10-8-15-9-11-16;2*1-2-4-6-5-3-1;1-3-6-4-2-5-1;2*2-1-3;/h7-14H,1-6H3;9-10,18H,2-8H2,1H3;10,18H,3-9H2,1-2H3;4-7H,8-11H2,1-3H3;2*1-5H;1-4H2;;;/q+1;;;+1;2*-1;;;;+2. The number of rotatable bonds is 9. The third-order valence-electron chi connectivity index (χ3n) is 18.0. The number of alkyl halides is 4. The van der Waals surface area contributed by atoms with E-state index in [0.717, 1.165) is 90.6 Å². The number of esters is 2. The van der Waals surface area contributed by atoms with Crippen molar-refractivity contribution in [2.45, 2.75) is 204 Å². The van der Waals surface area contributed by atoms with Gasteiger partial charge in [0.2, 0.25) is 0 Å². The minimum atomic E-state index is -3.45. The first kappa shape index (κ1) is 89.5. The summed E-state index contributed by atoms with van der Waals surface area (Å²) in [5, 5.41) is 21.0. The van der Waals surface area contributed by atoms with Gasteiger partial charge in [0.25, 0.3) is 0 Å². The van der Waals surface area contributed by atoms with Crippen molar-refractivity contribution in [2.75, 3.05) is 62.7 Å². The minimum absolute atomic E-state index is 0. The molecule has 2 N–H and O–H groups in total. The van der Waals surface area contributed by atoms with E-state index in [-0.39, 0.29) is 90.9 Å². The van der Waals surface area contributed by atoms with Crippen LogP contribution in [-0.2, 0) is 91.9 Å². The number of carbonyl (C=O) groups is 2. The van der Waals surface area contributed by atoms with Gasteiger partial charge in [-0.15, -0.1) is 0 Å². The zero-order chi connectivity index (χ0) is 73.6. The number of aliphatic hydroxyl groups is 2. The molecule has 6 aliphatic carbocycles. The van der Waals surface area contributed by atoms with E-state index in [1.165, 1.54) is 51.7 Å². The summed E-state index contributed by atoms with van der Waals surface area (Å²) in [5.74, 6) is -3.66. The molecule has 13 rings (SSSR count). The van der Waals surface area contributed by atoms with Gasteiger partial charge in [-0.05, 0) is 151 Å². The van der Waals surface area contributed by atoms with E-state index in [4.69, 9.17) is 38.1 Å². The molecule has 100 heavy (non-hydrogen) atoms. The zero-order valence-corrected chi connectivity index (χ0v) is 65.2. The van der Waals surface area contributed by atoms with Crippen LogP contribution in [0.4, 0.5) is 17.6 Å². The summed E-state index contributed by atoms with van der Waals surface area (Å²) in [6.45, 7) is 27.2. The van der Waals surface area contributed by atoms with Crippen molar-refractivity contribution in [1.82, 2.24) is 0 Å². The van der Waals surface area contributed by atoms with E-state index in [9.17, 15) is 37.4 Å². The molecule has 8 aliphatic rings. The van der Waals surface area contributed by atoms with Gasteiger partial charge in [-0.2, -0.15) is 121 Å². The van der Waals surface area contributed by atoms with Gasteiger partial charge in [0, 0.05) is 47.1 Å². The maximum absolute atomic E-state index is 12.8. The molecule has 5 aromatic carbocycles. The van der Waals surface area contributed by atoms with Crippen LogP contribution in [0.1, 0.15) is 177 Å². The average molecular weight is 1590 g/mol. The van der Waals surface area contributed by atoms with Crippen LogP contribution >= 0.6 is 11.8 Å². The predicted molar refractivity (Wildman–Crippen MR) is 377 cm³/mol. The summed E-state index contributed by atoms with van der Waals surface area (Å²) < 4.78 is 74.2. The Morgan fingerprint density at radius 3 is 1.28 bits per heavy atom. The third-order valence-corrected chi connectivity index (χ3v) is 23.8. The summed E-state index contributed by atoms with van der Waals surface area (Å²) >= 11 is 1.90. The molecule has 5 atom stereocenters. The normalized spacial score (nSPS) is 24.0. The Hall–Kier alpha value is -4.69. The topological polar surface area (TPSA) is 180 Å². The van der Waals surface area contributed by atoms with Crippen molar-refractivity contribution in [3.8, 4) is 0 Å². The van der Waals surface area contributed by atoms with Crippen molar-refractivity contribution < 1.29 is 114 Å². The van der Waals surface area contributed by atoms with Crippen LogP contribution in [0, 0.1) is 47.9 Å². The van der Waals surface area contributed by atoms with Crippen LogP contribution in [0.25, 0.3) is 0 Å². The monoisotopic (exact) mass is 1590 g/mol. The number of fused-ring (bicyclic) bond motifs is 2. The molecule has 1 radical (unpaired) electrons. The Morgan fingerprint density at radius 2 is 0.950 bits per heavy atom. The van der Waals surface area contributed by atoms with E-state index in [2.05, 4.69) is 147 Å². The number of halogens is 5. The predicted octanol–water partition coefficient (Wildman–Crippen LogP) is 13.4. The summed E-state index contributed by atoms with van der Waals surface area (Å²) in [5.41, 5.74) is 3.00. The van der Waals surface area contributed by atoms with Crippen molar-refractivity contribution in [3.05, 3.63) is 169 Å². The van der Waals surface area contributed by atoms with Gasteiger partial charge in [-0.3, -0.25) is 0 Å². The van der Waals surface area contributed by atoms with Gasteiger partial charge in [0.05, 0.1) is 50.8 Å². The molecular formula is C80H107CuF4IO12S2+2. The summed E-state index contributed by atoms with van der Waals surface area (Å²) in [6, 6.07) is 52.6. The first-order chi connectivity index (χ1) is 46.4. The number of thioether (sulfide) groups is 1. The van der Waals surface area contributed by atoms with Gasteiger partial charge < -0.3 is 29.2 Å². The van der Waals surface area contributed by atoms with Gasteiger partial charge in [0.15, 0.2) is 12.0 Å². The largest absolute Gasteiger partial charge is 2.00 e. The molecule has 12 nitrogen and oxygen atoms in total. The van der Waals surface area contributed by atoms with E-state index in [0.29, 0.717) is 55.3 Å². The summed E-state index contributed by atoms with van der Waals surface area (Å²) in [4.78, 5) is 56.4. The Kier molecular flexibility index (Phi) is 37.9. The van der Waals surface area contributed by atoms with Crippen molar-refractivity contribution >= 4 is 46.9 Å². The second-order valence-electron chi connectivity index (χ2n) is 30.4. The number of hydrogen-bond donors (Lipinski definition) is 2. The first-order valence-electron chi connectivity index (χ1n) is 34.1. The van der Waals surface area contributed by atoms with Crippen molar-refractivity contribution in [1.29, 1.82) is 0 Å². The van der Waals surface area contributed by atoms with E-state index < -0.39 is 35.0 Å². The fraction of sp³-hybridized carbons (Fsp3) is 0.575. The summed E-state index contributed by atoms with van der Waals surface area (Å²) in [7, 11) is 0.432. The van der Waals surface area contributed by atoms with Crippen LogP contribution in [0.15, 0.2) is 138 Å². The number of hydrogen-bond acceptors (Lipinski definition) is 13. The molecule has 0 spiro atoms. The summed E-state index contributed by atoms with van der Waals surface area (Å²) in [6.07, 6.45) is 10.7. The Morgan fingerprint density at radius 1 is 0.560 bits per heavy atom. The van der Waals surface area contributed by atoms with E-state index >= 15 is 0 Å². The second kappa shape index (κ2) is 42.3. The molecule has 8 fully saturated rings. The Labute approximate surface area is 621 Å². The van der Waals surface area contributed by atoms with Crippen molar-refractivity contribution in [3.63, 3.8) is 0 Å². The quantitative estimate of drug-likeness (QED) is 0.0356. The molecule has 5 unspecified atom stereocenters. The van der Waals surface area contributed by atoms with E-state index in [1.807, 2.05) is 79.3 Å². The van der Waals surface area contributed by atoms with Crippen LogP contribution < -0.4 is 21.2 Å². The third kappa shape index (κ3) is 33.4. The Bertz CT molecular complexity index is 3000. The van der Waals surface area contributed by atoms with Gasteiger partial charge in [-0.25, -0.2) is 9.59 Å². The molecule has 20 heteroatoms. The molecular weight excluding hydrogens is 1480 g/mol. The fourth-order valence-electron chi connectivity index (χ4n) is 13.9. The molecule has 6 saturated carbocycles. The maximum atomic E-state index is 12.8. The molecule has 0 aromatic heterocycles. The second-order valence-corrected chi connectivity index (χ2v) is 37.0. The van der Waals surface area contributed by atoms with Gasteiger partial charge in [-0.1, -0.05) is 118 Å². The molecule has 2 saturated heterocycles. The maximum Gasteiger partial charge on any atom is 2.00 e. The van der Waals surface area contributed by atoms with Crippen LogP contribution in [-0.4, -0.2) is 120 Å². The van der Waals surface area contributed by atoms with Crippen LogP contribution in [0.5, 0.6) is 0 Å². The van der Waals surface area contributed by atoms with Crippen LogP contribution in [0.3, 0.4) is 0 Å².